The van der Waals surface area contributed by atoms with Gasteiger partial charge in [-0.1, -0.05) is 41.7 Å². The number of amides is 1. The molecule has 4 aromatic rings. The molecule has 0 aliphatic carbocycles. The first kappa shape index (κ1) is 26.2. The molecule has 0 fully saturated rings. The number of rotatable bonds is 5. The van der Waals surface area contributed by atoms with Crippen LogP contribution in [0.3, 0.4) is 0 Å². The maximum Gasteiger partial charge on any atom is 0.379 e. The van der Waals surface area contributed by atoms with Gasteiger partial charge < -0.3 is 18.8 Å². The number of carbonyl (C=O) groups excluding carboxylic acids is 3. The van der Waals surface area contributed by atoms with Gasteiger partial charge in [0.05, 0.1) is 41.4 Å². The van der Waals surface area contributed by atoms with Gasteiger partial charge in [-0.05, 0) is 49.7 Å². The minimum atomic E-state index is -0.890. The molecule has 41 heavy (non-hydrogen) atoms. The third-order valence-electron chi connectivity index (χ3n) is 6.90. The fraction of sp³-hybridized carbons (Fsp3) is 0.167. The van der Waals surface area contributed by atoms with Crippen LogP contribution in [-0.2, 0) is 14.3 Å². The zero-order valence-electron chi connectivity index (χ0n) is 22.2. The molecule has 6 rings (SSSR count). The van der Waals surface area contributed by atoms with Gasteiger partial charge in [0.15, 0.2) is 4.80 Å². The van der Waals surface area contributed by atoms with Crippen molar-refractivity contribution in [2.24, 2.45) is 4.99 Å². The van der Waals surface area contributed by atoms with Crippen LogP contribution in [0.2, 0.25) is 0 Å². The molecule has 1 atom stereocenters. The Morgan fingerprint density at radius 3 is 2.49 bits per heavy atom. The summed E-state index contributed by atoms with van der Waals surface area (Å²) in [6, 6.07) is 15.9. The van der Waals surface area contributed by atoms with E-state index >= 15 is 0 Å². The third-order valence-corrected chi connectivity index (χ3v) is 7.96. The highest BCUT2D eigenvalue weighted by Gasteiger charge is 2.36. The summed E-state index contributed by atoms with van der Waals surface area (Å²) in [4.78, 5) is 59.3. The van der Waals surface area contributed by atoms with E-state index in [4.69, 9.17) is 13.9 Å². The summed E-state index contributed by atoms with van der Waals surface area (Å²) >= 11 is 1.10. The predicted molar refractivity (Wildman–Crippen MR) is 149 cm³/mol. The van der Waals surface area contributed by atoms with Crippen LogP contribution in [0.1, 0.15) is 41.6 Å². The highest BCUT2D eigenvalue weighted by molar-refractivity contribution is 7.07. The number of furan rings is 1. The summed E-state index contributed by atoms with van der Waals surface area (Å²) in [5, 5.41) is 0. The molecule has 11 heteroatoms. The molecule has 0 saturated carbocycles. The number of thiazole rings is 1. The van der Waals surface area contributed by atoms with Crippen molar-refractivity contribution in [3.8, 4) is 5.75 Å². The van der Waals surface area contributed by atoms with Gasteiger partial charge in [0, 0.05) is 12.6 Å². The lowest BCUT2D eigenvalue weighted by Gasteiger charge is -2.24. The number of hydrogen-bond acceptors (Lipinski definition) is 9. The van der Waals surface area contributed by atoms with Crippen molar-refractivity contribution < 1.29 is 28.3 Å². The highest BCUT2D eigenvalue weighted by atomic mass is 32.1. The second kappa shape index (κ2) is 10.2. The van der Waals surface area contributed by atoms with Gasteiger partial charge in [0.25, 0.3) is 11.5 Å². The minimum absolute atomic E-state index is 0.0549. The second-order valence-corrected chi connectivity index (χ2v) is 10.3. The van der Waals surface area contributed by atoms with Gasteiger partial charge in [0.2, 0.25) is 5.76 Å². The summed E-state index contributed by atoms with van der Waals surface area (Å²) in [5.74, 6) is -1.26. The molecule has 0 radical (unpaired) electrons. The van der Waals surface area contributed by atoms with E-state index < -0.39 is 23.5 Å². The van der Waals surface area contributed by atoms with E-state index in [0.29, 0.717) is 32.9 Å². The Balaban J connectivity index is 1.50. The van der Waals surface area contributed by atoms with Crippen LogP contribution < -0.4 is 24.5 Å². The van der Waals surface area contributed by atoms with Gasteiger partial charge in [0.1, 0.15) is 10.3 Å². The number of fused-ring (bicyclic) bond motifs is 2. The van der Waals surface area contributed by atoms with Crippen molar-refractivity contribution >= 4 is 40.4 Å². The van der Waals surface area contributed by atoms with E-state index in [2.05, 4.69) is 4.99 Å². The zero-order chi connectivity index (χ0) is 28.8. The summed E-state index contributed by atoms with van der Waals surface area (Å²) in [5.41, 5.74) is 2.37. The van der Waals surface area contributed by atoms with E-state index in [1.54, 1.807) is 57.3 Å². The minimum Gasteiger partial charge on any atom is -0.463 e. The van der Waals surface area contributed by atoms with Gasteiger partial charge >= 0.3 is 11.9 Å². The highest BCUT2D eigenvalue weighted by Crippen LogP contribution is 2.35. The molecule has 0 saturated heterocycles. The average Bonchev–Trinajstić information content (AvgIpc) is 3.67. The van der Waals surface area contributed by atoms with Crippen molar-refractivity contribution in [1.29, 1.82) is 0 Å². The number of allylic oxidation sites excluding steroid dienone is 1. The Hall–Kier alpha value is -5.03. The molecule has 2 aliphatic rings. The van der Waals surface area contributed by atoms with Gasteiger partial charge in [-0.25, -0.2) is 14.6 Å². The fourth-order valence-corrected chi connectivity index (χ4v) is 6.15. The largest absolute Gasteiger partial charge is 0.463 e. The Morgan fingerprint density at radius 2 is 1.78 bits per heavy atom. The van der Waals surface area contributed by atoms with E-state index in [-0.39, 0.29) is 34.1 Å². The third kappa shape index (κ3) is 4.30. The molecule has 206 valence electrons. The smallest absolute Gasteiger partial charge is 0.379 e. The first-order valence-electron chi connectivity index (χ1n) is 12.8. The first-order valence-corrected chi connectivity index (χ1v) is 13.6. The maximum absolute atomic E-state index is 14.1. The molecule has 0 bridgehead atoms. The number of anilines is 1. The fourth-order valence-electron chi connectivity index (χ4n) is 5.02. The quantitative estimate of drug-likeness (QED) is 0.268. The molecule has 0 spiro atoms. The molecular weight excluding hydrogens is 546 g/mol. The number of ether oxygens (including phenoxy) is 2. The summed E-state index contributed by atoms with van der Waals surface area (Å²) in [7, 11) is 1.66. The van der Waals surface area contributed by atoms with Crippen molar-refractivity contribution in [2.45, 2.75) is 19.9 Å². The van der Waals surface area contributed by atoms with Crippen LogP contribution in [0.25, 0.3) is 5.57 Å². The normalized spacial score (nSPS) is 17.2. The first-order chi connectivity index (χ1) is 19.8. The van der Waals surface area contributed by atoms with Crippen LogP contribution >= 0.6 is 11.3 Å². The summed E-state index contributed by atoms with van der Waals surface area (Å²) in [6.07, 6.45) is 1.37. The van der Waals surface area contributed by atoms with Gasteiger partial charge in [-0.15, -0.1) is 0 Å². The number of aromatic nitrogens is 1. The van der Waals surface area contributed by atoms with Crippen molar-refractivity contribution in [3.63, 3.8) is 0 Å². The number of likely N-dealkylation sites (N-methyl/N-ethyl adjacent to an activating group) is 1. The number of hydrogen-bond donors (Lipinski definition) is 0. The lowest BCUT2D eigenvalue weighted by atomic mass is 9.96. The molecule has 2 aromatic carbocycles. The summed E-state index contributed by atoms with van der Waals surface area (Å²) < 4.78 is 17.5. The van der Waals surface area contributed by atoms with Crippen LogP contribution in [0.5, 0.6) is 5.75 Å². The Morgan fingerprint density at radius 1 is 1.02 bits per heavy atom. The Labute approximate surface area is 237 Å². The van der Waals surface area contributed by atoms with E-state index in [1.807, 2.05) is 18.2 Å². The Bertz CT molecular complexity index is 1930. The van der Waals surface area contributed by atoms with Crippen molar-refractivity contribution in [3.05, 3.63) is 115 Å². The van der Waals surface area contributed by atoms with E-state index in [0.717, 1.165) is 11.3 Å². The lowest BCUT2D eigenvalue weighted by molar-refractivity contribution is -0.139. The number of benzene rings is 2. The van der Waals surface area contributed by atoms with Crippen molar-refractivity contribution in [1.82, 2.24) is 4.57 Å². The monoisotopic (exact) mass is 569 g/mol. The molecular formula is C30H23N3O7S. The van der Waals surface area contributed by atoms with E-state index in [1.165, 1.54) is 21.8 Å². The maximum atomic E-state index is 14.1. The summed E-state index contributed by atoms with van der Waals surface area (Å²) in [6.45, 7) is 3.51. The second-order valence-electron chi connectivity index (χ2n) is 9.31. The molecule has 0 N–H and O–H groups in total. The number of esters is 2. The van der Waals surface area contributed by atoms with Crippen LogP contribution in [-0.4, -0.2) is 36.1 Å². The lowest BCUT2D eigenvalue weighted by Crippen LogP contribution is -2.40. The van der Waals surface area contributed by atoms with Gasteiger partial charge in [-0.3, -0.25) is 14.2 Å². The molecule has 1 amide bonds. The predicted octanol–water partition coefficient (Wildman–Crippen LogP) is 2.96. The topological polar surface area (TPSA) is 120 Å². The van der Waals surface area contributed by atoms with Crippen LogP contribution in [0.4, 0.5) is 5.69 Å². The van der Waals surface area contributed by atoms with Crippen LogP contribution in [0.15, 0.2) is 92.4 Å². The van der Waals surface area contributed by atoms with E-state index in [9.17, 15) is 19.2 Å². The Kier molecular flexibility index (Phi) is 6.50. The number of carbonyl (C=O) groups is 3. The average molecular weight is 570 g/mol. The number of nitrogens with zero attached hydrogens (tertiary/aromatic N) is 3. The molecule has 1 unspecified atom stereocenters. The standard InChI is InChI=1S/C30H23N3O7S/c1-4-38-29(37)22-16(2)31-30-33(24(22)17-11-13-18(14-12-17)40-28(36)21-10-7-15-39-21)27(35)25(41-30)23-19-8-5-6-9-20(19)32(3)26(23)34/h5-15,24H,4H2,1-3H3/b25-23-. The molecule has 2 aromatic heterocycles. The van der Waals surface area contributed by atoms with Gasteiger partial charge in [-0.2, -0.15) is 0 Å². The zero-order valence-corrected chi connectivity index (χ0v) is 23.1. The molecule has 4 heterocycles. The van der Waals surface area contributed by atoms with Crippen LogP contribution in [0, 0.1) is 0 Å². The molecule has 10 nitrogen and oxygen atoms in total. The van der Waals surface area contributed by atoms with Crippen molar-refractivity contribution in [2.75, 3.05) is 18.6 Å². The number of para-hydroxylation sites is 1. The molecule has 2 aliphatic heterocycles. The SMILES string of the molecule is CCOC(=O)C1=C(C)N=c2s/c(=C3\C(=O)N(C)c4ccccc43)c(=O)n2C1c1ccc(OC(=O)c2ccco2)cc1.